The summed E-state index contributed by atoms with van der Waals surface area (Å²) in [5.41, 5.74) is 0. The van der Waals surface area contributed by atoms with Crippen LogP contribution in [0, 0.1) is 35.6 Å². The monoisotopic (exact) mass is 299 g/mol. The maximum Gasteiger partial charge on any atom is 4.00 e. The summed E-state index contributed by atoms with van der Waals surface area (Å²) < 4.78 is 0. The Morgan fingerprint density at radius 2 is 1.00 bits per heavy atom. The molecule has 5 heavy (non-hydrogen) atoms. The van der Waals surface area contributed by atoms with Crippen molar-refractivity contribution in [2.45, 2.75) is 0 Å². The summed E-state index contributed by atoms with van der Waals surface area (Å²) in [5.74, 6) is 0. The van der Waals surface area contributed by atoms with E-state index in [1.54, 1.807) is 0 Å². The van der Waals surface area contributed by atoms with Gasteiger partial charge in [0.15, 0.2) is 0 Å². The van der Waals surface area contributed by atoms with Crippen molar-refractivity contribution in [3.05, 3.63) is 0 Å². The molecule has 0 N–H and O–H groups in total. The van der Waals surface area contributed by atoms with Crippen LogP contribution in [0.2, 0.25) is 0 Å². The first-order chi connectivity index (χ1) is 0. The fourth-order valence-corrected chi connectivity index (χ4v) is 0. The summed E-state index contributed by atoms with van der Waals surface area (Å²) in [6, 6.07) is 0. The van der Waals surface area contributed by atoms with Crippen LogP contribution in [0.3, 0.4) is 0 Å². The number of hydrogen-bond acceptors (Lipinski definition) is 0. The molecule has 0 fully saturated rings. The first kappa shape index (κ1) is 38.5. The fourth-order valence-electron chi connectivity index (χ4n) is 0. The zero-order chi connectivity index (χ0) is 0. The van der Waals surface area contributed by atoms with E-state index in [0.29, 0.717) is 0 Å². The molecule has 0 aliphatic carbocycles. The number of hydrogen-bond donors (Lipinski definition) is 0. The van der Waals surface area contributed by atoms with Crippen molar-refractivity contribution >= 4 is 0 Å². The van der Waals surface area contributed by atoms with E-state index < -0.39 is 0 Å². The molecule has 0 aromatic carbocycles. The summed E-state index contributed by atoms with van der Waals surface area (Å²) in [7, 11) is 0. The molecule has 1 nitrogen and oxygen atoms in total. The van der Waals surface area contributed by atoms with Gasteiger partial charge in [-0.3, -0.25) is 0 Å². The van der Waals surface area contributed by atoms with Gasteiger partial charge in [-0.25, -0.2) is 0 Å². The molecule has 0 heterocycles. The summed E-state index contributed by atoms with van der Waals surface area (Å²) in [4.78, 5) is 0. The van der Waals surface area contributed by atoms with Crippen LogP contribution in [0.25, 0.3) is 0 Å². The maximum absolute atomic E-state index is 0. The maximum atomic E-state index is 0. The third-order valence-corrected chi connectivity index (χ3v) is 0. The molecule has 0 aliphatic rings. The third-order valence-electron chi connectivity index (χ3n) is 0. The van der Waals surface area contributed by atoms with Gasteiger partial charge < -0.3 is 5.48 Å². The van der Waals surface area contributed by atoms with Crippen molar-refractivity contribution in [1.82, 2.24) is 0 Å². The molecule has 0 aromatic rings. The third kappa shape index (κ3) is 18.4. The second-order valence-corrected chi connectivity index (χ2v) is 0. The molecule has 0 saturated heterocycles. The molecule has 0 atom stereocenters. The van der Waals surface area contributed by atoms with Gasteiger partial charge in [0.2, 0.25) is 0 Å². The Bertz CT molecular complexity index is 11.6. The Labute approximate surface area is 112 Å². The van der Waals surface area contributed by atoms with Crippen molar-refractivity contribution in [3.63, 3.8) is 0 Å². The molecule has 0 radical (unpaired) electrons. The number of rotatable bonds is 0. The average molecular weight is 299 g/mol. The molecule has 0 aliphatic heterocycles. The van der Waals surface area contributed by atoms with Crippen LogP contribution in [0.5, 0.6) is 0 Å². The van der Waals surface area contributed by atoms with Gasteiger partial charge in [0.1, 0.15) is 0 Å². The Hall–Kier alpha value is 3.57. The van der Waals surface area contributed by atoms with E-state index in [2.05, 4.69) is 0 Å². The zero-order valence-electron chi connectivity index (χ0n) is 3.06. The Balaban J connectivity index is 0. The SMILES string of the molecule is [La+3].[Li+].[O-2].[Ti+4].[Y+3]. The van der Waals surface area contributed by atoms with Crippen molar-refractivity contribution < 1.29 is 114 Å². The Morgan fingerprint density at radius 3 is 1.00 bits per heavy atom. The molecule has 0 aromatic heterocycles. The van der Waals surface area contributed by atoms with Crippen LogP contribution in [0.15, 0.2) is 0 Å². The van der Waals surface area contributed by atoms with E-state index in [-0.39, 0.29) is 114 Å². The Kier molecular flexibility index (Phi) is 198. The van der Waals surface area contributed by atoms with Gasteiger partial charge in [-0.2, -0.15) is 0 Å². The van der Waals surface area contributed by atoms with Crippen LogP contribution in [-0.2, 0) is 59.9 Å². The molecule has 0 spiro atoms. The van der Waals surface area contributed by atoms with Crippen molar-refractivity contribution in [3.8, 4) is 0 Å². The van der Waals surface area contributed by atoms with Gasteiger partial charge in [-0.1, -0.05) is 0 Å². The van der Waals surface area contributed by atoms with Crippen molar-refractivity contribution in [2.75, 3.05) is 0 Å². The smallest absolute Gasteiger partial charge is 2.00 e. The molecule has 8 valence electrons. The van der Waals surface area contributed by atoms with Crippen molar-refractivity contribution in [1.29, 1.82) is 0 Å². The molecule has 0 amide bonds. The quantitative estimate of drug-likeness (QED) is 0.424. The molecule has 5 heteroatoms. The minimum atomic E-state index is 0. The molecular formula is LaLiOTiY+9. The van der Waals surface area contributed by atoms with Gasteiger partial charge in [0.25, 0.3) is 0 Å². The normalized spacial score (nSPS) is 0. The van der Waals surface area contributed by atoms with Crippen LogP contribution < -0.4 is 18.9 Å². The van der Waals surface area contributed by atoms with Gasteiger partial charge in [-0.05, 0) is 0 Å². The van der Waals surface area contributed by atoms with Gasteiger partial charge in [-0.15, -0.1) is 0 Å². The average Bonchev–Trinajstić information content (AvgIpc) is 0. The minimum Gasteiger partial charge on any atom is -2.00 e. The van der Waals surface area contributed by atoms with Gasteiger partial charge in [0.05, 0.1) is 0 Å². The van der Waals surface area contributed by atoms with Gasteiger partial charge in [0, 0.05) is 0 Å². The second kappa shape index (κ2) is 25.6. The topological polar surface area (TPSA) is 28.5 Å². The van der Waals surface area contributed by atoms with Crippen LogP contribution in [0.4, 0.5) is 0 Å². The van der Waals surface area contributed by atoms with Gasteiger partial charge >= 0.3 is 109 Å². The predicted octanol–water partition coefficient (Wildman–Crippen LogP) is -3.12. The second-order valence-electron chi connectivity index (χ2n) is 0. The summed E-state index contributed by atoms with van der Waals surface area (Å²) in [5, 5.41) is 0. The molecule has 0 unspecified atom stereocenters. The largest absolute Gasteiger partial charge is 4.00 e. The molecule has 0 saturated carbocycles. The predicted molar refractivity (Wildman–Crippen MR) is 0.686 cm³/mol. The van der Waals surface area contributed by atoms with Crippen molar-refractivity contribution in [2.24, 2.45) is 0 Å². The van der Waals surface area contributed by atoms with Crippen LogP contribution in [-0.4, -0.2) is 0 Å². The first-order valence-corrected chi connectivity index (χ1v) is 0. The van der Waals surface area contributed by atoms with E-state index in [9.17, 15) is 0 Å². The van der Waals surface area contributed by atoms with E-state index in [1.807, 2.05) is 0 Å². The van der Waals surface area contributed by atoms with Crippen LogP contribution in [0.1, 0.15) is 0 Å². The van der Waals surface area contributed by atoms with Crippen LogP contribution >= 0.6 is 0 Å². The molecular weight excluding hydrogens is 299 g/mol. The summed E-state index contributed by atoms with van der Waals surface area (Å²) in [6.07, 6.45) is 0. The fraction of sp³-hybridized carbons (Fsp3) is 0. The molecule has 0 bridgehead atoms. The minimum absolute atomic E-state index is 0. The Morgan fingerprint density at radius 1 is 1.00 bits per heavy atom. The standard InChI is InChI=1S/La.Li.O.Ti.Y/q+3;+1;-2;+4;+3. The van der Waals surface area contributed by atoms with E-state index in [4.69, 9.17) is 0 Å². The molecule has 0 rings (SSSR count). The van der Waals surface area contributed by atoms with E-state index in [1.165, 1.54) is 0 Å². The zero-order valence-corrected chi connectivity index (χ0v) is 11.1. The summed E-state index contributed by atoms with van der Waals surface area (Å²) >= 11 is 0. The van der Waals surface area contributed by atoms with E-state index >= 15 is 0 Å². The van der Waals surface area contributed by atoms with E-state index in [0.717, 1.165) is 0 Å². The summed E-state index contributed by atoms with van der Waals surface area (Å²) in [6.45, 7) is 0. The first-order valence-electron chi connectivity index (χ1n) is 0.